The maximum atomic E-state index is 13.9. The molecule has 1 aliphatic carbocycles. The minimum atomic E-state index is -1.00. The quantitative estimate of drug-likeness (QED) is 0.269. The number of hydrogen-bond acceptors (Lipinski definition) is 6. The van der Waals surface area contributed by atoms with E-state index in [0.717, 1.165) is 0 Å². The number of carbonyl (C=O) groups is 5. The molecule has 0 spiro atoms. The largest absolute Gasteiger partial charge is 0.444 e. The second-order valence-electron chi connectivity index (χ2n) is 13.6. The Morgan fingerprint density at radius 1 is 1.05 bits per heavy atom. The first kappa shape index (κ1) is 32.3. The minimum absolute atomic E-state index is 0.0924. The van der Waals surface area contributed by atoms with Crippen molar-refractivity contribution in [3.8, 4) is 0 Å². The molecule has 1 heterocycles. The number of likely N-dealkylation sites (tertiary alicyclic amines) is 1. The van der Waals surface area contributed by atoms with Gasteiger partial charge in [0.15, 0.2) is 0 Å². The number of piperidine rings is 1. The molecule has 2 aliphatic rings. The number of ether oxygens (including phenoxy) is 1. The maximum Gasteiger partial charge on any atom is 0.408 e. The first-order valence-corrected chi connectivity index (χ1v) is 13.9. The number of nitrogens with zero attached hydrogens (tertiary/aromatic N) is 1. The van der Waals surface area contributed by atoms with Crippen molar-refractivity contribution in [2.45, 2.75) is 105 Å². The Kier molecular flexibility index (Phi) is 10.0. The van der Waals surface area contributed by atoms with Crippen molar-refractivity contribution < 1.29 is 28.7 Å². The smallest absolute Gasteiger partial charge is 0.408 e. The summed E-state index contributed by atoms with van der Waals surface area (Å²) in [5.74, 6) is -2.32. The molecule has 0 aromatic rings. The Bertz CT molecular complexity index is 977. The minimum Gasteiger partial charge on any atom is -0.444 e. The molecule has 10 heteroatoms. The lowest BCUT2D eigenvalue weighted by Crippen LogP contribution is -2.58. The summed E-state index contributed by atoms with van der Waals surface area (Å²) in [6.07, 6.45) is 1.97. The molecule has 3 N–H and O–H groups in total. The van der Waals surface area contributed by atoms with E-state index in [-0.39, 0.29) is 41.5 Å². The third-order valence-electron chi connectivity index (χ3n) is 7.41. The highest BCUT2D eigenvalue weighted by Crippen LogP contribution is 2.65. The molecule has 39 heavy (non-hydrogen) atoms. The van der Waals surface area contributed by atoms with Crippen LogP contribution in [0.25, 0.3) is 0 Å². The second kappa shape index (κ2) is 12.1. The molecule has 1 saturated carbocycles. The van der Waals surface area contributed by atoms with Crippen LogP contribution in [0.2, 0.25) is 0 Å². The highest BCUT2D eigenvalue weighted by Gasteiger charge is 2.69. The van der Waals surface area contributed by atoms with E-state index in [1.807, 2.05) is 27.7 Å². The molecule has 10 nitrogen and oxygen atoms in total. The van der Waals surface area contributed by atoms with Gasteiger partial charge in [-0.05, 0) is 56.3 Å². The lowest BCUT2D eigenvalue weighted by molar-refractivity contribution is -0.144. The fourth-order valence-corrected chi connectivity index (χ4v) is 5.50. The fraction of sp³-hybridized carbons (Fsp3) is 0.759. The number of carbonyl (C=O) groups excluding carboxylic acids is 5. The van der Waals surface area contributed by atoms with Crippen molar-refractivity contribution in [1.29, 1.82) is 0 Å². The van der Waals surface area contributed by atoms with Crippen LogP contribution < -0.4 is 16.0 Å². The van der Waals surface area contributed by atoms with Gasteiger partial charge < -0.3 is 25.6 Å². The molecular weight excluding hydrogens is 500 g/mol. The standard InChI is InChI=1S/C29H48N4O6/c1-11-13-18(22(34)24(36)30-14-12-2)31-23(35)21-20-17(29(20,9)10)16-33(21)25(37)19(15-27(3,4)5)32-26(38)39-28(6,7)8/h12,17-21H,2,11,13-16H2,1,3-10H3,(H,30,36)(H,31,35)(H,32,38)/t17-,18-,19-,20-,21-/m0/s1. The first-order valence-electron chi connectivity index (χ1n) is 13.9. The topological polar surface area (TPSA) is 134 Å². The molecule has 0 radical (unpaired) electrons. The van der Waals surface area contributed by atoms with Gasteiger partial charge in [-0.3, -0.25) is 19.2 Å². The van der Waals surface area contributed by atoms with Gasteiger partial charge in [0.25, 0.3) is 5.91 Å². The maximum absolute atomic E-state index is 13.9. The van der Waals surface area contributed by atoms with Gasteiger partial charge in [-0.1, -0.05) is 54.0 Å². The molecule has 2 fully saturated rings. The van der Waals surface area contributed by atoms with Crippen molar-refractivity contribution in [2.75, 3.05) is 13.1 Å². The van der Waals surface area contributed by atoms with Crippen LogP contribution in [-0.2, 0) is 23.9 Å². The monoisotopic (exact) mass is 548 g/mol. The van der Waals surface area contributed by atoms with Crippen LogP contribution in [0.3, 0.4) is 0 Å². The van der Waals surface area contributed by atoms with Crippen LogP contribution in [0.1, 0.15) is 81.6 Å². The number of alkyl carbamates (subject to hydrolysis) is 1. The van der Waals surface area contributed by atoms with Gasteiger partial charge in [-0.25, -0.2) is 4.79 Å². The van der Waals surface area contributed by atoms with Gasteiger partial charge in [-0.15, -0.1) is 6.58 Å². The van der Waals surface area contributed by atoms with Crippen molar-refractivity contribution in [3.63, 3.8) is 0 Å². The molecule has 0 aromatic heterocycles. The predicted octanol–water partition coefficient (Wildman–Crippen LogP) is 2.96. The molecule has 2 rings (SSSR count). The summed E-state index contributed by atoms with van der Waals surface area (Å²) in [6, 6.07) is -2.72. The molecule has 4 amide bonds. The predicted molar refractivity (Wildman–Crippen MR) is 149 cm³/mol. The van der Waals surface area contributed by atoms with Gasteiger partial charge in [0.1, 0.15) is 17.7 Å². The number of nitrogens with one attached hydrogen (secondary N) is 3. The average Bonchev–Trinajstić information content (AvgIpc) is 3.13. The number of amides is 4. The first-order chi connectivity index (χ1) is 17.8. The van der Waals surface area contributed by atoms with Gasteiger partial charge in [0.2, 0.25) is 17.6 Å². The van der Waals surface area contributed by atoms with E-state index in [0.29, 0.717) is 19.4 Å². The van der Waals surface area contributed by atoms with Gasteiger partial charge in [0.05, 0.1) is 6.04 Å². The van der Waals surface area contributed by atoms with Crippen LogP contribution in [-0.4, -0.2) is 71.3 Å². The second-order valence-corrected chi connectivity index (χ2v) is 13.6. The third kappa shape index (κ3) is 8.29. The Balaban J connectivity index is 2.30. The zero-order chi connectivity index (χ0) is 29.9. The fourth-order valence-electron chi connectivity index (χ4n) is 5.50. The van der Waals surface area contributed by atoms with E-state index in [2.05, 4.69) is 36.4 Å². The molecule has 220 valence electrons. The number of ketones is 1. The number of Topliss-reactive ketones (excluding diaryl/α,β-unsaturated/α-hetero) is 1. The summed E-state index contributed by atoms with van der Waals surface area (Å²) >= 11 is 0. The van der Waals surface area contributed by atoms with Crippen LogP contribution in [0.15, 0.2) is 12.7 Å². The van der Waals surface area contributed by atoms with Crippen molar-refractivity contribution >= 4 is 29.6 Å². The molecule has 5 atom stereocenters. The molecule has 0 unspecified atom stereocenters. The van der Waals surface area contributed by atoms with Crippen molar-refractivity contribution in [2.24, 2.45) is 22.7 Å². The third-order valence-corrected chi connectivity index (χ3v) is 7.41. The van der Waals surface area contributed by atoms with E-state index in [1.54, 1.807) is 20.8 Å². The average molecular weight is 549 g/mol. The van der Waals surface area contributed by atoms with E-state index in [4.69, 9.17) is 4.74 Å². The lowest BCUT2D eigenvalue weighted by atomic mass is 9.87. The summed E-state index contributed by atoms with van der Waals surface area (Å²) in [6.45, 7) is 21.2. The van der Waals surface area contributed by atoms with Gasteiger partial charge in [0, 0.05) is 13.1 Å². The van der Waals surface area contributed by atoms with Gasteiger partial charge in [-0.2, -0.15) is 0 Å². The normalized spacial score (nSPS) is 23.1. The zero-order valence-corrected chi connectivity index (χ0v) is 25.1. The van der Waals surface area contributed by atoms with Gasteiger partial charge >= 0.3 is 6.09 Å². The molecule has 0 aromatic carbocycles. The van der Waals surface area contributed by atoms with E-state index >= 15 is 0 Å². The number of fused-ring (bicyclic) bond motifs is 1. The zero-order valence-electron chi connectivity index (χ0n) is 25.1. The summed E-state index contributed by atoms with van der Waals surface area (Å²) in [5, 5.41) is 7.97. The van der Waals surface area contributed by atoms with Crippen LogP contribution >= 0.6 is 0 Å². The number of rotatable bonds is 11. The summed E-state index contributed by atoms with van der Waals surface area (Å²) < 4.78 is 5.41. The SMILES string of the molecule is C=CCNC(=O)C(=O)[C@H](CCC)NC(=O)[C@@H]1[C@@H]2[C@H](CN1C(=O)[C@H](CC(C)(C)C)NC(=O)OC(C)(C)C)C2(C)C. The molecular formula is C29H48N4O6. The lowest BCUT2D eigenvalue weighted by Gasteiger charge is -2.35. The summed E-state index contributed by atoms with van der Waals surface area (Å²) in [4.78, 5) is 66.9. The Morgan fingerprint density at radius 2 is 1.67 bits per heavy atom. The van der Waals surface area contributed by atoms with E-state index < -0.39 is 47.4 Å². The highest BCUT2D eigenvalue weighted by molar-refractivity contribution is 6.38. The van der Waals surface area contributed by atoms with E-state index in [1.165, 1.54) is 11.0 Å². The highest BCUT2D eigenvalue weighted by atomic mass is 16.6. The van der Waals surface area contributed by atoms with E-state index in [9.17, 15) is 24.0 Å². The molecule has 1 aliphatic heterocycles. The summed E-state index contributed by atoms with van der Waals surface area (Å²) in [5.41, 5.74) is -1.19. The Hall–Kier alpha value is -2.91. The van der Waals surface area contributed by atoms with Crippen LogP contribution in [0.4, 0.5) is 4.79 Å². The van der Waals surface area contributed by atoms with Crippen molar-refractivity contribution in [3.05, 3.63) is 12.7 Å². The summed E-state index contributed by atoms with van der Waals surface area (Å²) in [7, 11) is 0. The molecule has 1 saturated heterocycles. The van der Waals surface area contributed by atoms with Crippen LogP contribution in [0.5, 0.6) is 0 Å². The van der Waals surface area contributed by atoms with Crippen molar-refractivity contribution in [1.82, 2.24) is 20.9 Å². The van der Waals surface area contributed by atoms with Crippen LogP contribution in [0, 0.1) is 22.7 Å². The molecule has 0 bridgehead atoms. The number of hydrogen-bond donors (Lipinski definition) is 3. The Labute approximate surface area is 233 Å². The Morgan fingerprint density at radius 3 is 2.18 bits per heavy atom.